The molecule has 74 valence electrons. The molecule has 0 amide bonds. The largest absolute Gasteiger partial charge is 0.275 e. The second kappa shape index (κ2) is 4.02. The molecular formula is C7H2BrClFNO3. The number of rotatable bonds is 2. The van der Waals surface area contributed by atoms with Crippen LogP contribution in [0, 0.1) is 15.9 Å². The highest BCUT2D eigenvalue weighted by atomic mass is 79.9. The molecule has 1 aromatic rings. The lowest BCUT2D eigenvalue weighted by Gasteiger charge is -1.99. The zero-order chi connectivity index (χ0) is 10.9. The normalized spacial score (nSPS) is 9.93. The highest BCUT2D eigenvalue weighted by Crippen LogP contribution is 2.26. The summed E-state index contributed by atoms with van der Waals surface area (Å²) in [6.45, 7) is 0. The third-order valence-corrected chi connectivity index (χ3v) is 2.22. The van der Waals surface area contributed by atoms with E-state index >= 15 is 0 Å². The molecular weight excluding hydrogens is 280 g/mol. The fourth-order valence-corrected chi connectivity index (χ4v) is 1.41. The SMILES string of the molecule is O=C(Cl)c1cc([N+](=O)[O-])cc(Br)c1F. The molecule has 0 bridgehead atoms. The molecule has 0 atom stereocenters. The summed E-state index contributed by atoms with van der Waals surface area (Å²) in [5.74, 6) is -0.907. The number of carbonyl (C=O) groups is 1. The van der Waals surface area contributed by atoms with Gasteiger partial charge in [0.15, 0.2) is 0 Å². The lowest BCUT2D eigenvalue weighted by Crippen LogP contribution is -1.98. The summed E-state index contributed by atoms with van der Waals surface area (Å²) < 4.78 is 13.0. The molecule has 1 aromatic carbocycles. The maximum absolute atomic E-state index is 13.1. The summed E-state index contributed by atoms with van der Waals surface area (Å²) in [5, 5.41) is 9.27. The Hall–Kier alpha value is -1.01. The zero-order valence-corrected chi connectivity index (χ0v) is 8.80. The van der Waals surface area contributed by atoms with Gasteiger partial charge in [0.2, 0.25) is 0 Å². The van der Waals surface area contributed by atoms with E-state index in [0.717, 1.165) is 12.1 Å². The van der Waals surface area contributed by atoms with Crippen LogP contribution in [0.4, 0.5) is 10.1 Å². The minimum absolute atomic E-state index is 0.171. The quantitative estimate of drug-likeness (QED) is 0.476. The molecule has 0 aromatic heterocycles. The maximum Gasteiger partial charge on any atom is 0.271 e. The molecule has 4 nitrogen and oxygen atoms in total. The van der Waals surface area contributed by atoms with E-state index in [1.54, 1.807) is 0 Å². The second-order valence-corrected chi connectivity index (χ2v) is 3.52. The van der Waals surface area contributed by atoms with Crippen molar-refractivity contribution in [3.63, 3.8) is 0 Å². The van der Waals surface area contributed by atoms with Crippen molar-refractivity contribution < 1.29 is 14.1 Å². The molecule has 0 N–H and O–H groups in total. The highest BCUT2D eigenvalue weighted by Gasteiger charge is 2.18. The van der Waals surface area contributed by atoms with Gasteiger partial charge in [-0.3, -0.25) is 14.9 Å². The molecule has 1 rings (SSSR count). The number of hydrogen-bond donors (Lipinski definition) is 0. The molecule has 0 saturated carbocycles. The predicted molar refractivity (Wildman–Crippen MR) is 50.9 cm³/mol. The van der Waals surface area contributed by atoms with Crippen molar-refractivity contribution in [2.75, 3.05) is 0 Å². The van der Waals surface area contributed by atoms with Crippen molar-refractivity contribution in [2.24, 2.45) is 0 Å². The molecule has 0 saturated heterocycles. The number of nitro groups is 1. The monoisotopic (exact) mass is 281 g/mol. The average molecular weight is 282 g/mol. The third-order valence-electron chi connectivity index (χ3n) is 1.44. The minimum atomic E-state index is -1.08. The van der Waals surface area contributed by atoms with E-state index in [0.29, 0.717) is 0 Å². The van der Waals surface area contributed by atoms with Crippen LogP contribution in [0.25, 0.3) is 0 Å². The molecule has 0 aliphatic heterocycles. The summed E-state index contributed by atoms with van der Waals surface area (Å²) in [5.41, 5.74) is -0.921. The van der Waals surface area contributed by atoms with E-state index in [9.17, 15) is 19.3 Å². The van der Waals surface area contributed by atoms with Crippen molar-refractivity contribution in [3.05, 3.63) is 38.1 Å². The van der Waals surface area contributed by atoms with Gasteiger partial charge in [-0.1, -0.05) is 0 Å². The van der Waals surface area contributed by atoms with Gasteiger partial charge in [0.05, 0.1) is 15.0 Å². The molecule has 0 radical (unpaired) electrons. The minimum Gasteiger partial charge on any atom is -0.275 e. The van der Waals surface area contributed by atoms with E-state index in [-0.39, 0.29) is 4.47 Å². The molecule has 0 fully saturated rings. The van der Waals surface area contributed by atoms with Crippen LogP contribution in [0.15, 0.2) is 16.6 Å². The van der Waals surface area contributed by atoms with Gasteiger partial charge in [-0.15, -0.1) is 0 Å². The molecule has 0 unspecified atom stereocenters. The van der Waals surface area contributed by atoms with Gasteiger partial charge in [0.25, 0.3) is 10.9 Å². The van der Waals surface area contributed by atoms with Crippen LogP contribution < -0.4 is 0 Å². The van der Waals surface area contributed by atoms with Gasteiger partial charge >= 0.3 is 0 Å². The number of non-ortho nitro benzene ring substituents is 1. The molecule has 0 spiro atoms. The zero-order valence-electron chi connectivity index (χ0n) is 6.46. The Morgan fingerprint density at radius 2 is 2.14 bits per heavy atom. The van der Waals surface area contributed by atoms with Gasteiger partial charge in [-0.05, 0) is 27.5 Å². The van der Waals surface area contributed by atoms with E-state index in [1.165, 1.54) is 0 Å². The van der Waals surface area contributed by atoms with Crippen molar-refractivity contribution >= 4 is 38.5 Å². The predicted octanol–water partition coefficient (Wildman–Crippen LogP) is 2.88. The van der Waals surface area contributed by atoms with Crippen molar-refractivity contribution in [1.29, 1.82) is 0 Å². The van der Waals surface area contributed by atoms with Gasteiger partial charge < -0.3 is 0 Å². The van der Waals surface area contributed by atoms with E-state index < -0.39 is 27.2 Å². The standard InChI is InChI=1S/C7H2BrClFNO3/c8-5-2-3(11(13)14)1-4(6(5)10)7(9)12/h1-2H. The summed E-state index contributed by atoms with van der Waals surface area (Å²) >= 11 is 7.78. The van der Waals surface area contributed by atoms with Crippen LogP contribution in [-0.4, -0.2) is 10.2 Å². The summed E-state index contributed by atoms with van der Waals surface area (Å²) in [6.07, 6.45) is 0. The summed E-state index contributed by atoms with van der Waals surface area (Å²) in [6, 6.07) is 1.74. The third kappa shape index (κ3) is 2.08. The van der Waals surface area contributed by atoms with Crippen molar-refractivity contribution in [3.8, 4) is 0 Å². The first-order chi connectivity index (χ1) is 6.43. The lowest BCUT2D eigenvalue weighted by molar-refractivity contribution is -0.385. The highest BCUT2D eigenvalue weighted by molar-refractivity contribution is 9.10. The fourth-order valence-electron chi connectivity index (χ4n) is 0.823. The Bertz CT molecular complexity index is 424. The van der Waals surface area contributed by atoms with Gasteiger partial charge in [-0.2, -0.15) is 0 Å². The Labute approximate surface area is 90.9 Å². The van der Waals surface area contributed by atoms with Gasteiger partial charge in [0, 0.05) is 12.1 Å². The molecule has 0 aliphatic rings. The van der Waals surface area contributed by atoms with Crippen LogP contribution in [0.3, 0.4) is 0 Å². The van der Waals surface area contributed by atoms with E-state index in [2.05, 4.69) is 15.9 Å². The summed E-state index contributed by atoms with van der Waals surface area (Å²) in [4.78, 5) is 20.3. The lowest BCUT2D eigenvalue weighted by atomic mass is 10.2. The summed E-state index contributed by atoms with van der Waals surface area (Å²) in [7, 11) is 0. The number of hydrogen-bond acceptors (Lipinski definition) is 3. The fraction of sp³-hybridized carbons (Fsp3) is 0. The Kier molecular flexibility index (Phi) is 3.17. The molecule has 0 heterocycles. The molecule has 7 heteroatoms. The number of halogens is 3. The van der Waals surface area contributed by atoms with Gasteiger partial charge in [0.1, 0.15) is 5.82 Å². The first-order valence-electron chi connectivity index (χ1n) is 3.26. The number of benzene rings is 1. The van der Waals surface area contributed by atoms with Crippen LogP contribution >= 0.6 is 27.5 Å². The van der Waals surface area contributed by atoms with Crippen molar-refractivity contribution in [2.45, 2.75) is 0 Å². The average Bonchev–Trinajstić information content (AvgIpc) is 2.08. The number of nitro benzene ring substituents is 1. The molecule has 14 heavy (non-hydrogen) atoms. The smallest absolute Gasteiger partial charge is 0.271 e. The van der Waals surface area contributed by atoms with Crippen LogP contribution in [0.5, 0.6) is 0 Å². The molecule has 0 aliphatic carbocycles. The van der Waals surface area contributed by atoms with E-state index in [1.807, 2.05) is 0 Å². The van der Waals surface area contributed by atoms with Crippen molar-refractivity contribution in [1.82, 2.24) is 0 Å². The Balaban J connectivity index is 3.43. The van der Waals surface area contributed by atoms with E-state index in [4.69, 9.17) is 11.6 Å². The maximum atomic E-state index is 13.1. The number of carbonyl (C=O) groups excluding carboxylic acids is 1. The van der Waals surface area contributed by atoms with Crippen LogP contribution in [0.2, 0.25) is 0 Å². The van der Waals surface area contributed by atoms with Crippen LogP contribution in [-0.2, 0) is 0 Å². The van der Waals surface area contributed by atoms with Crippen LogP contribution in [0.1, 0.15) is 10.4 Å². The first-order valence-corrected chi connectivity index (χ1v) is 4.44. The number of nitrogens with zero attached hydrogens (tertiary/aromatic N) is 1. The topological polar surface area (TPSA) is 60.2 Å². The Morgan fingerprint density at radius 1 is 1.57 bits per heavy atom. The second-order valence-electron chi connectivity index (χ2n) is 2.32. The van der Waals surface area contributed by atoms with Gasteiger partial charge in [-0.25, -0.2) is 4.39 Å². The first kappa shape index (κ1) is 11.1. The Morgan fingerprint density at radius 3 is 2.57 bits per heavy atom.